The van der Waals surface area contributed by atoms with Gasteiger partial charge in [-0.2, -0.15) is 0 Å². The first-order valence-corrected chi connectivity index (χ1v) is 7.25. The molecule has 1 N–H and O–H groups in total. The van der Waals surface area contributed by atoms with Gasteiger partial charge in [0, 0.05) is 16.2 Å². The van der Waals surface area contributed by atoms with Crippen molar-refractivity contribution in [3.8, 4) is 0 Å². The minimum absolute atomic E-state index is 0.161. The summed E-state index contributed by atoms with van der Waals surface area (Å²) in [5.74, 6) is 0. The molecule has 90 valence electrons. The van der Waals surface area contributed by atoms with Crippen LogP contribution < -0.4 is 0 Å². The van der Waals surface area contributed by atoms with Crippen LogP contribution in [0.2, 0.25) is 0 Å². The van der Waals surface area contributed by atoms with Crippen molar-refractivity contribution in [2.75, 3.05) is 0 Å². The van der Waals surface area contributed by atoms with E-state index >= 15 is 0 Å². The van der Waals surface area contributed by atoms with E-state index < -0.39 is 10.8 Å². The lowest BCUT2D eigenvalue weighted by Gasteiger charge is -2.25. The first-order chi connectivity index (χ1) is 8.13. The lowest BCUT2D eigenvalue weighted by Crippen LogP contribution is -2.25. The van der Waals surface area contributed by atoms with Gasteiger partial charge in [-0.1, -0.05) is 12.1 Å². The zero-order valence-corrected chi connectivity index (χ0v) is 11.3. The van der Waals surface area contributed by atoms with E-state index in [2.05, 4.69) is 0 Å². The van der Waals surface area contributed by atoms with Gasteiger partial charge in [-0.05, 0) is 40.9 Å². The number of carbonyl (C=O) groups excluding carboxylic acids is 1. The van der Waals surface area contributed by atoms with E-state index in [-0.39, 0.29) is 6.42 Å². The van der Waals surface area contributed by atoms with E-state index in [9.17, 15) is 9.90 Å². The summed E-state index contributed by atoms with van der Waals surface area (Å²) < 4.78 is 0. The van der Waals surface area contributed by atoms with Crippen LogP contribution in [-0.4, -0.2) is 10.3 Å². The second-order valence-corrected chi connectivity index (χ2v) is 5.99. The second-order valence-electron chi connectivity index (χ2n) is 3.67. The normalized spacial score (nSPS) is 11.6. The Bertz CT molecular complexity index is 442. The number of rotatable bonds is 5. The van der Waals surface area contributed by atoms with Gasteiger partial charge in [0.05, 0.1) is 0 Å². The molecule has 0 spiro atoms. The van der Waals surface area contributed by atoms with E-state index in [0.29, 0.717) is 6.42 Å². The summed E-state index contributed by atoms with van der Waals surface area (Å²) in [6, 6.07) is 7.54. The molecule has 0 saturated carbocycles. The molecule has 2 heterocycles. The van der Waals surface area contributed by atoms with Crippen LogP contribution in [-0.2, 0) is 10.4 Å². The molecule has 0 amide bonds. The van der Waals surface area contributed by atoms with Gasteiger partial charge in [-0.15, -0.1) is 22.7 Å². The standard InChI is InChI=1S/C12H11ClO2S2/c13-11(14)5-6-12(15,9-3-1-7-16-9)10-4-2-8-17-10/h1-4,7-8,15H,5-6H2. The minimum atomic E-state index is -1.09. The first-order valence-electron chi connectivity index (χ1n) is 5.11. The largest absolute Gasteiger partial charge is 0.379 e. The molecule has 2 aromatic heterocycles. The van der Waals surface area contributed by atoms with Crippen LogP contribution >= 0.6 is 34.3 Å². The van der Waals surface area contributed by atoms with Gasteiger partial charge in [0.15, 0.2) is 0 Å². The average molecular weight is 287 g/mol. The smallest absolute Gasteiger partial charge is 0.221 e. The van der Waals surface area contributed by atoms with E-state index in [1.807, 2.05) is 35.0 Å². The van der Waals surface area contributed by atoms with Gasteiger partial charge >= 0.3 is 0 Å². The molecule has 17 heavy (non-hydrogen) atoms. The van der Waals surface area contributed by atoms with Crippen molar-refractivity contribution < 1.29 is 9.90 Å². The Morgan fingerprint density at radius 1 is 1.24 bits per heavy atom. The van der Waals surface area contributed by atoms with E-state index in [0.717, 1.165) is 9.75 Å². The molecule has 2 aromatic rings. The quantitative estimate of drug-likeness (QED) is 0.853. The SMILES string of the molecule is O=C(Cl)CCC(O)(c1cccs1)c1cccs1. The van der Waals surface area contributed by atoms with Crippen molar-refractivity contribution in [1.82, 2.24) is 0 Å². The Labute approximate surface area is 112 Å². The maximum absolute atomic E-state index is 10.9. The predicted molar refractivity (Wildman–Crippen MR) is 71.7 cm³/mol. The van der Waals surface area contributed by atoms with Crippen LogP contribution in [0.25, 0.3) is 0 Å². The van der Waals surface area contributed by atoms with Gasteiger partial charge in [0.25, 0.3) is 0 Å². The third-order valence-corrected chi connectivity index (χ3v) is 4.77. The average Bonchev–Trinajstić information content (AvgIpc) is 2.97. The topological polar surface area (TPSA) is 37.3 Å². The molecule has 0 aliphatic carbocycles. The lowest BCUT2D eigenvalue weighted by molar-refractivity contribution is -0.112. The number of aliphatic hydroxyl groups is 1. The van der Waals surface area contributed by atoms with Gasteiger partial charge in [-0.25, -0.2) is 0 Å². The van der Waals surface area contributed by atoms with Crippen LogP contribution in [0, 0.1) is 0 Å². The molecule has 0 atom stereocenters. The minimum Gasteiger partial charge on any atom is -0.379 e. The Morgan fingerprint density at radius 2 is 1.76 bits per heavy atom. The summed E-state index contributed by atoms with van der Waals surface area (Å²) in [6.07, 6.45) is 0.476. The summed E-state index contributed by atoms with van der Waals surface area (Å²) >= 11 is 8.33. The molecule has 0 bridgehead atoms. The molecule has 0 saturated heterocycles. The lowest BCUT2D eigenvalue weighted by atomic mass is 9.94. The number of carbonyl (C=O) groups is 1. The highest BCUT2D eigenvalue weighted by Crippen LogP contribution is 2.39. The fraction of sp³-hybridized carbons (Fsp3) is 0.250. The highest BCUT2D eigenvalue weighted by molar-refractivity contribution is 7.11. The van der Waals surface area contributed by atoms with Crippen molar-refractivity contribution in [3.63, 3.8) is 0 Å². The Morgan fingerprint density at radius 3 is 2.12 bits per heavy atom. The van der Waals surface area contributed by atoms with Crippen LogP contribution in [0.1, 0.15) is 22.6 Å². The van der Waals surface area contributed by atoms with Crippen LogP contribution in [0.5, 0.6) is 0 Å². The van der Waals surface area contributed by atoms with Gasteiger partial charge in [0.1, 0.15) is 5.60 Å². The molecule has 0 unspecified atom stereocenters. The number of hydrogen-bond acceptors (Lipinski definition) is 4. The third kappa shape index (κ3) is 2.77. The maximum atomic E-state index is 10.9. The molecule has 2 rings (SSSR count). The zero-order chi connectivity index (χ0) is 12.3. The van der Waals surface area contributed by atoms with Crippen molar-refractivity contribution in [2.24, 2.45) is 0 Å². The van der Waals surface area contributed by atoms with Crippen molar-refractivity contribution in [3.05, 3.63) is 44.8 Å². The monoisotopic (exact) mass is 286 g/mol. The summed E-state index contributed by atoms with van der Waals surface area (Å²) in [5.41, 5.74) is -1.09. The molecule has 2 nitrogen and oxygen atoms in total. The van der Waals surface area contributed by atoms with Crippen molar-refractivity contribution in [1.29, 1.82) is 0 Å². The maximum Gasteiger partial charge on any atom is 0.221 e. The van der Waals surface area contributed by atoms with E-state index in [1.54, 1.807) is 0 Å². The third-order valence-electron chi connectivity index (χ3n) is 2.54. The molecule has 0 aromatic carbocycles. The van der Waals surface area contributed by atoms with E-state index in [1.165, 1.54) is 22.7 Å². The molecular formula is C12H11ClO2S2. The van der Waals surface area contributed by atoms with E-state index in [4.69, 9.17) is 11.6 Å². The van der Waals surface area contributed by atoms with Gasteiger partial charge in [0.2, 0.25) is 5.24 Å². The Hall–Kier alpha value is -0.680. The van der Waals surface area contributed by atoms with Crippen molar-refractivity contribution in [2.45, 2.75) is 18.4 Å². The fourth-order valence-corrected chi connectivity index (χ4v) is 3.57. The summed E-state index contributed by atoms with van der Waals surface area (Å²) in [7, 11) is 0. The molecule has 0 fully saturated rings. The molecule has 5 heteroatoms. The summed E-state index contributed by atoms with van der Waals surface area (Å²) in [4.78, 5) is 12.6. The summed E-state index contributed by atoms with van der Waals surface area (Å²) in [6.45, 7) is 0. The molecule has 0 aliphatic rings. The Balaban J connectivity index is 2.33. The second kappa shape index (κ2) is 5.31. The van der Waals surface area contributed by atoms with Crippen LogP contribution in [0.4, 0.5) is 0 Å². The first kappa shape index (κ1) is 12.8. The van der Waals surface area contributed by atoms with Crippen LogP contribution in [0.3, 0.4) is 0 Å². The molecule has 0 radical (unpaired) electrons. The van der Waals surface area contributed by atoms with Gasteiger partial charge < -0.3 is 5.11 Å². The van der Waals surface area contributed by atoms with Gasteiger partial charge in [-0.3, -0.25) is 4.79 Å². The summed E-state index contributed by atoms with van der Waals surface area (Å²) in [5, 5.41) is 14.2. The number of thiophene rings is 2. The highest BCUT2D eigenvalue weighted by Gasteiger charge is 2.33. The number of halogens is 1. The molecule has 0 aliphatic heterocycles. The van der Waals surface area contributed by atoms with Crippen molar-refractivity contribution >= 4 is 39.5 Å². The zero-order valence-electron chi connectivity index (χ0n) is 8.93. The number of hydrogen-bond donors (Lipinski definition) is 1. The van der Waals surface area contributed by atoms with Crippen LogP contribution in [0.15, 0.2) is 35.0 Å². The highest BCUT2D eigenvalue weighted by atomic mass is 35.5. The fourth-order valence-electron chi connectivity index (χ4n) is 1.67. The Kier molecular flexibility index (Phi) is 3.99. The predicted octanol–water partition coefficient (Wildman–Crippen LogP) is 3.59. The molecular weight excluding hydrogens is 276 g/mol.